The van der Waals surface area contributed by atoms with E-state index >= 15 is 0 Å². The molecule has 174 valence electrons. The van der Waals surface area contributed by atoms with E-state index in [1.54, 1.807) is 30.3 Å². The molecule has 3 rings (SSSR count). The number of halogens is 2. The lowest BCUT2D eigenvalue weighted by Crippen LogP contribution is -2.30. The molecule has 1 aromatic heterocycles. The van der Waals surface area contributed by atoms with Crippen molar-refractivity contribution in [3.05, 3.63) is 48.0 Å². The van der Waals surface area contributed by atoms with Gasteiger partial charge in [0, 0.05) is 24.9 Å². The summed E-state index contributed by atoms with van der Waals surface area (Å²) >= 11 is 1.51. The van der Waals surface area contributed by atoms with Crippen molar-refractivity contribution in [1.82, 2.24) is 13.9 Å². The number of rotatable bonds is 10. The molecule has 0 aliphatic heterocycles. The number of alkyl halides is 2. The van der Waals surface area contributed by atoms with E-state index in [1.807, 2.05) is 27.7 Å². The molecule has 0 N–H and O–H groups in total. The third-order valence-corrected chi connectivity index (χ3v) is 8.07. The van der Waals surface area contributed by atoms with E-state index in [1.165, 1.54) is 28.2 Å². The van der Waals surface area contributed by atoms with Crippen molar-refractivity contribution >= 4 is 32.8 Å². The summed E-state index contributed by atoms with van der Waals surface area (Å²) in [6, 6.07) is 11.7. The first-order valence-corrected chi connectivity index (χ1v) is 12.8. The number of hydrogen-bond donors (Lipinski definition) is 0. The molecule has 0 saturated carbocycles. The number of sulfonamides is 1. The van der Waals surface area contributed by atoms with Crippen LogP contribution in [0.15, 0.2) is 52.5 Å². The molecule has 0 fully saturated rings. The fourth-order valence-electron chi connectivity index (χ4n) is 3.45. The summed E-state index contributed by atoms with van der Waals surface area (Å²) in [5, 5.41) is 0.764. The van der Waals surface area contributed by atoms with Gasteiger partial charge in [0.05, 0.1) is 15.9 Å². The number of aromatic nitrogens is 2. The number of imidazole rings is 1. The van der Waals surface area contributed by atoms with Gasteiger partial charge < -0.3 is 9.30 Å². The van der Waals surface area contributed by atoms with Crippen LogP contribution in [-0.4, -0.2) is 42.0 Å². The van der Waals surface area contributed by atoms with Gasteiger partial charge in [-0.15, -0.1) is 0 Å². The van der Waals surface area contributed by atoms with Crippen molar-refractivity contribution in [1.29, 1.82) is 0 Å². The monoisotopic (exact) mass is 483 g/mol. The molecular formula is C22H27F2N3O3S2. The maximum Gasteiger partial charge on any atom is 0.387 e. The summed E-state index contributed by atoms with van der Waals surface area (Å²) in [7, 11) is -3.57. The highest BCUT2D eigenvalue weighted by molar-refractivity contribution is 7.98. The Morgan fingerprint density at radius 3 is 2.31 bits per heavy atom. The van der Waals surface area contributed by atoms with E-state index < -0.39 is 16.6 Å². The lowest BCUT2D eigenvalue weighted by molar-refractivity contribution is -0.0498. The second kappa shape index (κ2) is 10.2. The van der Waals surface area contributed by atoms with Crippen LogP contribution in [0.2, 0.25) is 0 Å². The Morgan fingerprint density at radius 2 is 1.75 bits per heavy atom. The number of ether oxygens (including phenoxy) is 1. The third kappa shape index (κ3) is 5.24. The van der Waals surface area contributed by atoms with Crippen LogP contribution in [0.1, 0.15) is 39.3 Å². The van der Waals surface area contributed by atoms with E-state index in [0.717, 1.165) is 16.2 Å². The van der Waals surface area contributed by atoms with E-state index in [-0.39, 0.29) is 16.7 Å². The lowest BCUT2D eigenvalue weighted by atomic mass is 10.2. The predicted molar refractivity (Wildman–Crippen MR) is 123 cm³/mol. The molecule has 0 bridgehead atoms. The highest BCUT2D eigenvalue weighted by Gasteiger charge is 2.23. The average molecular weight is 484 g/mol. The topological polar surface area (TPSA) is 64.4 Å². The molecule has 0 spiro atoms. The van der Waals surface area contributed by atoms with Crippen LogP contribution in [0.3, 0.4) is 0 Å². The first kappa shape index (κ1) is 24.5. The Morgan fingerprint density at radius 1 is 1.09 bits per heavy atom. The van der Waals surface area contributed by atoms with Crippen LogP contribution in [0.5, 0.6) is 5.75 Å². The number of hydrogen-bond acceptors (Lipinski definition) is 5. The molecule has 0 radical (unpaired) electrons. The Bertz CT molecular complexity index is 1160. The zero-order valence-electron chi connectivity index (χ0n) is 18.5. The molecule has 32 heavy (non-hydrogen) atoms. The van der Waals surface area contributed by atoms with Crippen LogP contribution in [0.25, 0.3) is 11.0 Å². The summed E-state index contributed by atoms with van der Waals surface area (Å²) in [5.41, 5.74) is 2.42. The Labute approximate surface area is 191 Å². The number of thioether (sulfide) groups is 1. The van der Waals surface area contributed by atoms with Gasteiger partial charge in [0.2, 0.25) is 10.0 Å². The first-order valence-electron chi connectivity index (χ1n) is 10.4. The maximum atomic E-state index is 12.9. The Balaban J connectivity index is 1.89. The molecule has 3 aromatic rings. The van der Waals surface area contributed by atoms with Gasteiger partial charge in [-0.05, 0) is 49.7 Å². The molecular weight excluding hydrogens is 456 g/mol. The van der Waals surface area contributed by atoms with Gasteiger partial charge in [0.25, 0.3) is 0 Å². The van der Waals surface area contributed by atoms with Crippen molar-refractivity contribution in [3.8, 4) is 5.75 Å². The van der Waals surface area contributed by atoms with E-state index in [2.05, 4.69) is 9.30 Å². The molecule has 0 aliphatic carbocycles. The van der Waals surface area contributed by atoms with Gasteiger partial charge in [0.1, 0.15) is 5.75 Å². The number of nitrogens with zero attached hydrogens (tertiary/aromatic N) is 3. The summed E-state index contributed by atoms with van der Waals surface area (Å²) in [4.78, 5) is 4.94. The van der Waals surface area contributed by atoms with Crippen molar-refractivity contribution in [2.75, 3.05) is 13.1 Å². The maximum absolute atomic E-state index is 12.9. The zero-order valence-corrected chi connectivity index (χ0v) is 20.1. The summed E-state index contributed by atoms with van der Waals surface area (Å²) in [6.45, 7) is 5.67. The molecule has 0 saturated heterocycles. The van der Waals surface area contributed by atoms with E-state index in [0.29, 0.717) is 24.4 Å². The van der Waals surface area contributed by atoms with Crippen LogP contribution in [0, 0.1) is 0 Å². The molecule has 2 aromatic carbocycles. The highest BCUT2D eigenvalue weighted by atomic mass is 32.2. The minimum absolute atomic E-state index is 0.116. The highest BCUT2D eigenvalue weighted by Crippen LogP contribution is 2.32. The summed E-state index contributed by atoms with van der Waals surface area (Å²) in [5.74, 6) is 0.695. The summed E-state index contributed by atoms with van der Waals surface area (Å²) < 4.78 is 58.3. The molecule has 0 aliphatic rings. The molecule has 0 unspecified atom stereocenters. The van der Waals surface area contributed by atoms with Crippen LogP contribution in [0.4, 0.5) is 8.78 Å². The molecule has 0 amide bonds. The Kier molecular flexibility index (Phi) is 7.79. The molecule has 6 nitrogen and oxygen atoms in total. The Hall–Kier alpha value is -2.17. The van der Waals surface area contributed by atoms with Crippen LogP contribution < -0.4 is 4.74 Å². The quantitative estimate of drug-likeness (QED) is 0.354. The van der Waals surface area contributed by atoms with Gasteiger partial charge in [-0.25, -0.2) is 13.4 Å². The largest absolute Gasteiger partial charge is 0.435 e. The third-order valence-electron chi connectivity index (χ3n) is 5.00. The predicted octanol–water partition coefficient (Wildman–Crippen LogP) is 5.54. The smallest absolute Gasteiger partial charge is 0.387 e. The average Bonchev–Trinajstić information content (AvgIpc) is 3.11. The zero-order chi connectivity index (χ0) is 23.5. The second-order valence-corrected chi connectivity index (χ2v) is 10.3. The number of fused-ring (bicyclic) bond motifs is 1. The number of benzene rings is 2. The van der Waals surface area contributed by atoms with Crippen molar-refractivity contribution in [2.24, 2.45) is 0 Å². The molecule has 10 heteroatoms. The minimum atomic E-state index is -3.57. The SMILES string of the molecule is CCN(CC)S(=O)(=O)c1ccc2c(c1)nc(SCc1ccc(OC(F)F)cc1)n2C(C)C. The molecule has 0 atom stereocenters. The van der Waals surface area contributed by atoms with Gasteiger partial charge >= 0.3 is 6.61 Å². The first-order chi connectivity index (χ1) is 15.2. The van der Waals surface area contributed by atoms with Gasteiger partial charge in [-0.1, -0.05) is 37.7 Å². The van der Waals surface area contributed by atoms with Crippen molar-refractivity contribution in [2.45, 2.75) is 56.2 Å². The van der Waals surface area contributed by atoms with Crippen molar-refractivity contribution < 1.29 is 21.9 Å². The standard InChI is InChI=1S/C22H27F2N3O3S2/c1-5-26(6-2)32(28,29)18-11-12-20-19(13-18)25-22(27(20)15(3)4)31-14-16-7-9-17(10-8-16)30-21(23)24/h7-13,15,21H,5-6,14H2,1-4H3. The summed E-state index contributed by atoms with van der Waals surface area (Å²) in [6.07, 6.45) is 0. The second-order valence-electron chi connectivity index (χ2n) is 7.41. The minimum Gasteiger partial charge on any atom is -0.435 e. The van der Waals surface area contributed by atoms with Crippen molar-refractivity contribution in [3.63, 3.8) is 0 Å². The van der Waals surface area contributed by atoms with Gasteiger partial charge in [0.15, 0.2) is 5.16 Å². The fraction of sp³-hybridized carbons (Fsp3) is 0.409. The molecule has 1 heterocycles. The normalized spacial score (nSPS) is 12.4. The van der Waals surface area contributed by atoms with Crippen LogP contribution >= 0.6 is 11.8 Å². The van der Waals surface area contributed by atoms with Gasteiger partial charge in [-0.2, -0.15) is 13.1 Å². The van der Waals surface area contributed by atoms with Gasteiger partial charge in [-0.3, -0.25) is 0 Å². The fourth-order valence-corrected chi connectivity index (χ4v) is 6.02. The van der Waals surface area contributed by atoms with E-state index in [4.69, 9.17) is 4.98 Å². The lowest BCUT2D eigenvalue weighted by Gasteiger charge is -2.18. The van der Waals surface area contributed by atoms with E-state index in [9.17, 15) is 17.2 Å². The van der Waals surface area contributed by atoms with Crippen LogP contribution in [-0.2, 0) is 15.8 Å².